The summed E-state index contributed by atoms with van der Waals surface area (Å²) in [6.45, 7) is 6.24. The van der Waals surface area contributed by atoms with E-state index in [4.69, 9.17) is 21.1 Å². The maximum Gasteiger partial charge on any atom is 0.409 e. The van der Waals surface area contributed by atoms with Crippen molar-refractivity contribution in [1.29, 1.82) is 0 Å². The molecule has 0 unspecified atom stereocenters. The highest BCUT2D eigenvalue weighted by Crippen LogP contribution is 2.28. The maximum atomic E-state index is 12.7. The molecule has 2 amide bonds. The average Bonchev–Trinajstić information content (AvgIpc) is 2.81. The molecule has 138 valence electrons. The third-order valence-electron chi connectivity index (χ3n) is 4.24. The van der Waals surface area contributed by atoms with Gasteiger partial charge in [-0.3, -0.25) is 4.79 Å². The van der Waals surface area contributed by atoms with Crippen molar-refractivity contribution in [3.63, 3.8) is 0 Å². The van der Waals surface area contributed by atoms with E-state index in [0.717, 1.165) is 17.5 Å². The molecule has 0 bridgehead atoms. The van der Waals surface area contributed by atoms with Crippen molar-refractivity contribution in [2.45, 2.75) is 26.7 Å². The third-order valence-corrected chi connectivity index (χ3v) is 4.45. The summed E-state index contributed by atoms with van der Waals surface area (Å²) >= 11 is 6.12. The van der Waals surface area contributed by atoms with Crippen LogP contribution < -0.4 is 4.74 Å². The molecule has 0 saturated carbocycles. The van der Waals surface area contributed by atoms with Gasteiger partial charge in [-0.2, -0.15) is 0 Å². The first-order valence-corrected chi connectivity index (χ1v) is 8.86. The van der Waals surface area contributed by atoms with Gasteiger partial charge in [0.25, 0.3) is 0 Å². The number of ether oxygens (including phenoxy) is 2. The Balaban J connectivity index is 2.03. The van der Waals surface area contributed by atoms with Gasteiger partial charge in [0.15, 0.2) is 0 Å². The molecule has 0 atom stereocenters. The molecule has 1 heterocycles. The third kappa shape index (κ3) is 5.01. The summed E-state index contributed by atoms with van der Waals surface area (Å²) in [7, 11) is 1.59. The molecular weight excluding hydrogens is 344 g/mol. The summed E-state index contributed by atoms with van der Waals surface area (Å²) in [6, 6.07) is 3.59. The van der Waals surface area contributed by atoms with Gasteiger partial charge in [0.1, 0.15) is 5.75 Å². The average molecular weight is 369 g/mol. The minimum Gasteiger partial charge on any atom is -0.496 e. The highest BCUT2D eigenvalue weighted by atomic mass is 35.5. The highest BCUT2D eigenvalue weighted by Gasteiger charge is 2.23. The first kappa shape index (κ1) is 19.4. The van der Waals surface area contributed by atoms with Crippen LogP contribution in [0.1, 0.15) is 24.5 Å². The Morgan fingerprint density at radius 3 is 2.52 bits per heavy atom. The van der Waals surface area contributed by atoms with Gasteiger partial charge in [-0.1, -0.05) is 11.6 Å². The van der Waals surface area contributed by atoms with Gasteiger partial charge in [0, 0.05) is 36.8 Å². The number of benzene rings is 1. The van der Waals surface area contributed by atoms with Crippen LogP contribution in [0.15, 0.2) is 12.1 Å². The number of methoxy groups -OCH3 is 1. The smallest absolute Gasteiger partial charge is 0.409 e. The van der Waals surface area contributed by atoms with Crippen LogP contribution in [0.4, 0.5) is 4.79 Å². The fraction of sp³-hybridized carbons (Fsp3) is 0.556. The molecule has 1 fully saturated rings. The lowest BCUT2D eigenvalue weighted by atomic mass is 10.1. The number of halogens is 1. The molecule has 0 aromatic heterocycles. The van der Waals surface area contributed by atoms with Crippen molar-refractivity contribution in [3.05, 3.63) is 28.3 Å². The van der Waals surface area contributed by atoms with Crippen molar-refractivity contribution in [2.75, 3.05) is 39.9 Å². The number of hydrogen-bond donors (Lipinski definition) is 0. The van der Waals surface area contributed by atoms with Crippen LogP contribution in [-0.2, 0) is 16.0 Å². The molecule has 0 aliphatic carbocycles. The van der Waals surface area contributed by atoms with Crippen LogP contribution in [0, 0.1) is 6.92 Å². The van der Waals surface area contributed by atoms with E-state index < -0.39 is 0 Å². The normalized spacial score (nSPS) is 14.9. The number of carbonyl (C=O) groups excluding carboxylic acids is 2. The van der Waals surface area contributed by atoms with Gasteiger partial charge < -0.3 is 19.3 Å². The van der Waals surface area contributed by atoms with Gasteiger partial charge in [0.2, 0.25) is 5.91 Å². The van der Waals surface area contributed by atoms with Crippen molar-refractivity contribution >= 4 is 23.6 Å². The van der Waals surface area contributed by atoms with E-state index in [0.29, 0.717) is 43.6 Å². The zero-order chi connectivity index (χ0) is 18.4. The van der Waals surface area contributed by atoms with E-state index in [1.165, 1.54) is 0 Å². The first-order valence-electron chi connectivity index (χ1n) is 8.48. The molecule has 1 aromatic rings. The summed E-state index contributed by atoms with van der Waals surface area (Å²) < 4.78 is 10.5. The Labute approximate surface area is 153 Å². The molecule has 0 N–H and O–H groups in total. The summed E-state index contributed by atoms with van der Waals surface area (Å²) in [5.41, 5.74) is 1.69. The quantitative estimate of drug-likeness (QED) is 0.820. The summed E-state index contributed by atoms with van der Waals surface area (Å²) in [4.78, 5) is 28.0. The predicted octanol–water partition coefficient (Wildman–Crippen LogP) is 2.89. The molecule has 1 aromatic carbocycles. The zero-order valence-corrected chi connectivity index (χ0v) is 15.8. The molecule has 6 nitrogen and oxygen atoms in total. The van der Waals surface area contributed by atoms with Gasteiger partial charge in [0.05, 0.1) is 20.1 Å². The standard InChI is InChI=1S/C18H25ClN2O4/c1-4-25-18(23)21-7-5-6-20(8-9-21)16(22)12-14-11-15(19)10-13(2)17(14)24-3/h10-11H,4-9,12H2,1-3H3. The molecule has 1 aliphatic heterocycles. The summed E-state index contributed by atoms with van der Waals surface area (Å²) in [5.74, 6) is 0.700. The van der Waals surface area contributed by atoms with Crippen LogP contribution >= 0.6 is 11.6 Å². The highest BCUT2D eigenvalue weighted by molar-refractivity contribution is 6.30. The van der Waals surface area contributed by atoms with Crippen LogP contribution in [0.25, 0.3) is 0 Å². The molecule has 25 heavy (non-hydrogen) atoms. The van der Waals surface area contributed by atoms with Crippen LogP contribution in [0.3, 0.4) is 0 Å². The van der Waals surface area contributed by atoms with Crippen molar-refractivity contribution < 1.29 is 19.1 Å². The first-order chi connectivity index (χ1) is 12.0. The monoisotopic (exact) mass is 368 g/mol. The van der Waals surface area contributed by atoms with Gasteiger partial charge >= 0.3 is 6.09 Å². The van der Waals surface area contributed by atoms with Crippen LogP contribution in [0.5, 0.6) is 5.75 Å². The molecule has 0 radical (unpaired) electrons. The van der Waals surface area contributed by atoms with Crippen molar-refractivity contribution in [2.24, 2.45) is 0 Å². The number of aryl methyl sites for hydroxylation is 1. The van der Waals surface area contributed by atoms with Crippen molar-refractivity contribution in [1.82, 2.24) is 9.80 Å². The number of amides is 2. The molecule has 7 heteroatoms. The number of rotatable bonds is 4. The largest absolute Gasteiger partial charge is 0.496 e. The lowest BCUT2D eigenvalue weighted by Gasteiger charge is -2.22. The van der Waals surface area contributed by atoms with E-state index in [1.54, 1.807) is 29.9 Å². The van der Waals surface area contributed by atoms with Gasteiger partial charge in [-0.15, -0.1) is 0 Å². The zero-order valence-electron chi connectivity index (χ0n) is 15.0. The fourth-order valence-electron chi connectivity index (χ4n) is 3.06. The lowest BCUT2D eigenvalue weighted by Crippen LogP contribution is -2.38. The Morgan fingerprint density at radius 1 is 1.16 bits per heavy atom. The Bertz CT molecular complexity index is 636. The lowest BCUT2D eigenvalue weighted by molar-refractivity contribution is -0.130. The second-order valence-electron chi connectivity index (χ2n) is 6.01. The molecule has 2 rings (SSSR count). The van der Waals surface area contributed by atoms with E-state index >= 15 is 0 Å². The molecular formula is C18H25ClN2O4. The topological polar surface area (TPSA) is 59.1 Å². The molecule has 1 saturated heterocycles. The van der Waals surface area contributed by atoms with E-state index in [2.05, 4.69) is 0 Å². The summed E-state index contributed by atoms with van der Waals surface area (Å²) in [5, 5.41) is 0.588. The Kier molecular flexibility index (Phi) is 6.93. The Morgan fingerprint density at radius 2 is 1.84 bits per heavy atom. The number of carbonyl (C=O) groups is 2. The predicted molar refractivity (Wildman–Crippen MR) is 96.2 cm³/mol. The van der Waals surface area contributed by atoms with Crippen LogP contribution in [0.2, 0.25) is 5.02 Å². The maximum absolute atomic E-state index is 12.7. The number of hydrogen-bond acceptors (Lipinski definition) is 4. The van der Waals surface area contributed by atoms with E-state index in [-0.39, 0.29) is 18.4 Å². The second-order valence-corrected chi connectivity index (χ2v) is 6.45. The van der Waals surface area contributed by atoms with Gasteiger partial charge in [-0.25, -0.2) is 4.79 Å². The Hall–Kier alpha value is -1.95. The minimum absolute atomic E-state index is 0.00526. The van der Waals surface area contributed by atoms with E-state index in [1.807, 2.05) is 13.0 Å². The SMILES string of the molecule is CCOC(=O)N1CCCN(C(=O)Cc2cc(Cl)cc(C)c2OC)CC1. The van der Waals surface area contributed by atoms with Crippen molar-refractivity contribution in [3.8, 4) is 5.75 Å². The summed E-state index contributed by atoms with van der Waals surface area (Å²) in [6.07, 6.45) is 0.643. The minimum atomic E-state index is -0.316. The number of nitrogens with zero attached hydrogens (tertiary/aromatic N) is 2. The second kappa shape index (κ2) is 8.94. The van der Waals surface area contributed by atoms with Crippen LogP contribution in [-0.4, -0.2) is 61.7 Å². The molecule has 1 aliphatic rings. The van der Waals surface area contributed by atoms with Gasteiger partial charge in [-0.05, 0) is 38.0 Å². The van der Waals surface area contributed by atoms with E-state index in [9.17, 15) is 9.59 Å². The fourth-order valence-corrected chi connectivity index (χ4v) is 3.36. The molecule has 0 spiro atoms.